The third-order valence-corrected chi connectivity index (χ3v) is 4.87. The van der Waals surface area contributed by atoms with E-state index in [9.17, 15) is 24.8 Å². The van der Waals surface area contributed by atoms with E-state index >= 15 is 0 Å². The van der Waals surface area contributed by atoms with Gasteiger partial charge in [0.25, 0.3) is 11.6 Å². The standard InChI is InChI=1S/C18H21N3O6/c1-12(22)15-16(13-4-2-3-5-14(13)21(25)26)20(18(24)17(15)23)7-6-19-8-10-27-11-9-19/h2-5,16,23H,6-11H2,1H3/t16-/m1/s1. The van der Waals surface area contributed by atoms with E-state index in [0.717, 1.165) is 13.1 Å². The van der Waals surface area contributed by atoms with Crippen molar-refractivity contribution in [3.8, 4) is 0 Å². The second-order valence-corrected chi connectivity index (χ2v) is 6.49. The Labute approximate surface area is 156 Å². The smallest absolute Gasteiger partial charge is 0.290 e. The molecule has 0 bridgehead atoms. The fourth-order valence-electron chi connectivity index (χ4n) is 3.53. The van der Waals surface area contributed by atoms with Gasteiger partial charge >= 0.3 is 0 Å². The molecule has 144 valence electrons. The molecular weight excluding hydrogens is 354 g/mol. The van der Waals surface area contributed by atoms with Crippen molar-refractivity contribution in [3.63, 3.8) is 0 Å². The number of rotatable bonds is 6. The monoisotopic (exact) mass is 375 g/mol. The molecule has 1 N–H and O–H groups in total. The molecule has 0 spiro atoms. The number of ether oxygens (including phenoxy) is 1. The molecular formula is C18H21N3O6. The molecule has 0 unspecified atom stereocenters. The van der Waals surface area contributed by atoms with E-state index < -0.39 is 28.4 Å². The van der Waals surface area contributed by atoms with Crippen LogP contribution in [-0.2, 0) is 14.3 Å². The Hall–Kier alpha value is -2.78. The summed E-state index contributed by atoms with van der Waals surface area (Å²) in [5.74, 6) is -1.80. The largest absolute Gasteiger partial charge is 0.503 e. The van der Waals surface area contributed by atoms with Gasteiger partial charge in [-0.1, -0.05) is 12.1 Å². The first-order valence-electron chi connectivity index (χ1n) is 8.70. The fourth-order valence-corrected chi connectivity index (χ4v) is 3.53. The van der Waals surface area contributed by atoms with Crippen molar-refractivity contribution in [3.05, 3.63) is 51.3 Å². The molecule has 1 fully saturated rings. The van der Waals surface area contributed by atoms with Gasteiger partial charge in [0.15, 0.2) is 11.5 Å². The van der Waals surface area contributed by atoms with Gasteiger partial charge in [0.1, 0.15) is 0 Å². The van der Waals surface area contributed by atoms with Crippen molar-refractivity contribution in [2.24, 2.45) is 0 Å². The summed E-state index contributed by atoms with van der Waals surface area (Å²) < 4.78 is 5.30. The van der Waals surface area contributed by atoms with Gasteiger partial charge in [-0.3, -0.25) is 24.6 Å². The van der Waals surface area contributed by atoms with Gasteiger partial charge in [-0.2, -0.15) is 0 Å². The molecule has 1 atom stereocenters. The normalized spacial score (nSPS) is 21.0. The van der Waals surface area contributed by atoms with Crippen LogP contribution in [0, 0.1) is 10.1 Å². The van der Waals surface area contributed by atoms with Gasteiger partial charge in [-0.25, -0.2) is 0 Å². The van der Waals surface area contributed by atoms with Crippen LogP contribution in [0.5, 0.6) is 0 Å². The first-order chi connectivity index (χ1) is 12.9. The van der Waals surface area contributed by atoms with E-state index in [0.29, 0.717) is 19.8 Å². The second-order valence-electron chi connectivity index (χ2n) is 6.49. The molecule has 1 saturated heterocycles. The van der Waals surface area contributed by atoms with Gasteiger partial charge in [0.05, 0.1) is 35.3 Å². The Morgan fingerprint density at radius 2 is 1.96 bits per heavy atom. The van der Waals surface area contributed by atoms with E-state index in [1.807, 2.05) is 0 Å². The average Bonchev–Trinajstić information content (AvgIpc) is 2.91. The lowest BCUT2D eigenvalue weighted by Crippen LogP contribution is -2.43. The Bertz CT molecular complexity index is 800. The number of carbonyl (C=O) groups excluding carboxylic acids is 2. The zero-order chi connectivity index (χ0) is 19.6. The Balaban J connectivity index is 1.95. The molecule has 0 saturated carbocycles. The summed E-state index contributed by atoms with van der Waals surface area (Å²) in [5.41, 5.74) is -0.0801. The molecule has 2 aliphatic rings. The highest BCUT2D eigenvalue weighted by Gasteiger charge is 2.44. The highest BCUT2D eigenvalue weighted by Crippen LogP contribution is 2.40. The van der Waals surface area contributed by atoms with Crippen LogP contribution in [0.1, 0.15) is 18.5 Å². The predicted octanol–water partition coefficient (Wildman–Crippen LogP) is 1.21. The number of nitro groups is 1. The predicted molar refractivity (Wildman–Crippen MR) is 95.1 cm³/mol. The highest BCUT2D eigenvalue weighted by atomic mass is 16.6. The van der Waals surface area contributed by atoms with E-state index in [4.69, 9.17) is 4.74 Å². The van der Waals surface area contributed by atoms with Crippen molar-refractivity contribution < 1.29 is 24.4 Å². The minimum Gasteiger partial charge on any atom is -0.503 e. The number of hydrogen-bond acceptors (Lipinski definition) is 7. The number of nitro benzene ring substituents is 1. The Morgan fingerprint density at radius 1 is 1.30 bits per heavy atom. The average molecular weight is 375 g/mol. The number of carbonyl (C=O) groups is 2. The number of hydrogen-bond donors (Lipinski definition) is 1. The van der Waals surface area contributed by atoms with Gasteiger partial charge in [0.2, 0.25) is 0 Å². The summed E-state index contributed by atoms with van der Waals surface area (Å²) in [6.45, 7) is 4.63. The van der Waals surface area contributed by atoms with E-state index in [-0.39, 0.29) is 23.4 Å². The van der Waals surface area contributed by atoms with Crippen molar-refractivity contribution in [2.75, 3.05) is 39.4 Å². The van der Waals surface area contributed by atoms with E-state index in [1.165, 1.54) is 30.0 Å². The molecule has 0 aromatic heterocycles. The number of nitrogens with zero attached hydrogens (tertiary/aromatic N) is 3. The van der Waals surface area contributed by atoms with Crippen LogP contribution in [0.15, 0.2) is 35.6 Å². The molecule has 2 heterocycles. The Morgan fingerprint density at radius 3 is 2.59 bits per heavy atom. The van der Waals surface area contributed by atoms with Crippen LogP contribution >= 0.6 is 0 Å². The quantitative estimate of drug-likeness (QED) is 0.587. The van der Waals surface area contributed by atoms with Crippen LogP contribution in [0.25, 0.3) is 0 Å². The summed E-state index contributed by atoms with van der Waals surface area (Å²) in [7, 11) is 0. The molecule has 1 aromatic rings. The molecule has 9 heteroatoms. The topological polar surface area (TPSA) is 113 Å². The first-order valence-corrected chi connectivity index (χ1v) is 8.70. The third-order valence-electron chi connectivity index (χ3n) is 4.87. The lowest BCUT2D eigenvalue weighted by Gasteiger charge is -2.31. The van der Waals surface area contributed by atoms with Gasteiger partial charge < -0.3 is 14.7 Å². The lowest BCUT2D eigenvalue weighted by molar-refractivity contribution is -0.385. The number of aliphatic hydroxyl groups is 1. The van der Waals surface area contributed by atoms with Crippen LogP contribution in [0.4, 0.5) is 5.69 Å². The second kappa shape index (κ2) is 7.85. The molecule has 0 aliphatic carbocycles. The fraction of sp³-hybridized carbons (Fsp3) is 0.444. The van der Waals surface area contributed by atoms with Crippen LogP contribution in [-0.4, -0.2) is 70.9 Å². The number of benzene rings is 1. The number of ketones is 1. The molecule has 1 amide bonds. The van der Waals surface area contributed by atoms with Crippen molar-refractivity contribution >= 4 is 17.4 Å². The van der Waals surface area contributed by atoms with E-state index in [2.05, 4.69) is 4.90 Å². The van der Waals surface area contributed by atoms with Crippen molar-refractivity contribution in [2.45, 2.75) is 13.0 Å². The zero-order valence-corrected chi connectivity index (χ0v) is 15.0. The molecule has 2 aliphatic heterocycles. The summed E-state index contributed by atoms with van der Waals surface area (Å²) >= 11 is 0. The van der Waals surface area contributed by atoms with Gasteiger partial charge in [-0.15, -0.1) is 0 Å². The molecule has 9 nitrogen and oxygen atoms in total. The van der Waals surface area contributed by atoms with Crippen molar-refractivity contribution in [1.82, 2.24) is 9.80 Å². The van der Waals surface area contributed by atoms with Gasteiger partial charge in [0, 0.05) is 32.2 Å². The minimum absolute atomic E-state index is 0.101. The number of para-hydroxylation sites is 1. The lowest BCUT2D eigenvalue weighted by atomic mass is 9.95. The van der Waals surface area contributed by atoms with Crippen molar-refractivity contribution in [1.29, 1.82) is 0 Å². The molecule has 0 radical (unpaired) electrons. The number of aliphatic hydroxyl groups excluding tert-OH is 1. The van der Waals surface area contributed by atoms with Crippen LogP contribution in [0.2, 0.25) is 0 Å². The molecule has 3 rings (SSSR count). The van der Waals surface area contributed by atoms with Crippen LogP contribution < -0.4 is 0 Å². The summed E-state index contributed by atoms with van der Waals surface area (Å²) in [4.78, 5) is 39.1. The third kappa shape index (κ3) is 3.69. The summed E-state index contributed by atoms with van der Waals surface area (Å²) in [6.07, 6.45) is 0. The maximum atomic E-state index is 12.6. The summed E-state index contributed by atoms with van der Waals surface area (Å²) in [5, 5.41) is 21.7. The van der Waals surface area contributed by atoms with Crippen LogP contribution in [0.3, 0.4) is 0 Å². The first kappa shape index (κ1) is 19.0. The maximum Gasteiger partial charge on any atom is 0.290 e. The molecule has 1 aromatic carbocycles. The van der Waals surface area contributed by atoms with E-state index in [1.54, 1.807) is 6.07 Å². The summed E-state index contributed by atoms with van der Waals surface area (Å²) in [6, 6.07) is 5.00. The number of Topliss-reactive ketones (excluding diaryl/α,β-unsaturated/α-hetero) is 1. The maximum absolute atomic E-state index is 12.6. The minimum atomic E-state index is -0.974. The number of morpholine rings is 1. The number of amides is 1. The van der Waals surface area contributed by atoms with Gasteiger partial charge in [-0.05, 0) is 13.0 Å². The zero-order valence-electron chi connectivity index (χ0n) is 15.0. The molecule has 27 heavy (non-hydrogen) atoms. The Kier molecular flexibility index (Phi) is 5.52. The highest BCUT2D eigenvalue weighted by molar-refractivity contribution is 6.08. The SMILES string of the molecule is CC(=O)C1=C(O)C(=O)N(CCN2CCOCC2)[C@@H]1c1ccccc1[N+](=O)[O-].